The molecule has 0 radical (unpaired) electrons. The second-order valence-electron chi connectivity index (χ2n) is 6.99. The van der Waals surface area contributed by atoms with Crippen molar-refractivity contribution < 1.29 is 9.84 Å². The summed E-state index contributed by atoms with van der Waals surface area (Å²) in [6.07, 6.45) is 5.27. The van der Waals surface area contributed by atoms with Crippen molar-refractivity contribution in [2.45, 2.75) is 37.8 Å². The standard InChI is InChI=1S/C20H25N3O2/c24-18-9-12-25-14-16(18)17-7-4-11-23(17)20-8-10-21-19(22-20)13-15-5-2-1-3-6-15/h1-3,5-6,8,10,16-18,24H,4,7,9,11-14H2/t16-,17+,18-/m1/s1. The van der Waals surface area contributed by atoms with Crippen LogP contribution in [0.3, 0.4) is 0 Å². The van der Waals surface area contributed by atoms with Gasteiger partial charge in [-0.25, -0.2) is 9.97 Å². The number of aromatic nitrogens is 2. The first-order valence-corrected chi connectivity index (χ1v) is 9.19. The average molecular weight is 339 g/mol. The van der Waals surface area contributed by atoms with Crippen LogP contribution >= 0.6 is 0 Å². The lowest BCUT2D eigenvalue weighted by molar-refractivity contribution is -0.0438. The molecule has 132 valence electrons. The van der Waals surface area contributed by atoms with Crippen LogP contribution in [0.5, 0.6) is 0 Å². The molecule has 25 heavy (non-hydrogen) atoms. The first kappa shape index (κ1) is 16.5. The van der Waals surface area contributed by atoms with Gasteiger partial charge in [-0.3, -0.25) is 0 Å². The predicted octanol–water partition coefficient (Wildman–Crippen LogP) is 2.43. The fourth-order valence-corrected chi connectivity index (χ4v) is 4.05. The zero-order valence-electron chi connectivity index (χ0n) is 14.4. The molecule has 0 spiro atoms. The van der Waals surface area contributed by atoms with Gasteiger partial charge in [0, 0.05) is 37.7 Å². The largest absolute Gasteiger partial charge is 0.393 e. The zero-order valence-corrected chi connectivity index (χ0v) is 14.4. The highest BCUT2D eigenvalue weighted by atomic mass is 16.5. The van der Waals surface area contributed by atoms with Crippen LogP contribution in [-0.4, -0.2) is 47.0 Å². The van der Waals surface area contributed by atoms with E-state index in [4.69, 9.17) is 9.72 Å². The summed E-state index contributed by atoms with van der Waals surface area (Å²) in [7, 11) is 0. The minimum Gasteiger partial charge on any atom is -0.393 e. The average Bonchev–Trinajstić information content (AvgIpc) is 3.13. The predicted molar refractivity (Wildman–Crippen MR) is 96.6 cm³/mol. The summed E-state index contributed by atoms with van der Waals surface area (Å²) in [5.41, 5.74) is 1.22. The molecule has 5 nitrogen and oxygen atoms in total. The van der Waals surface area contributed by atoms with Gasteiger partial charge in [0.15, 0.2) is 0 Å². The first-order valence-electron chi connectivity index (χ1n) is 9.19. The van der Waals surface area contributed by atoms with Crippen LogP contribution < -0.4 is 4.90 Å². The van der Waals surface area contributed by atoms with Gasteiger partial charge >= 0.3 is 0 Å². The van der Waals surface area contributed by atoms with E-state index in [1.165, 1.54) is 5.56 Å². The smallest absolute Gasteiger partial charge is 0.135 e. The Labute approximate surface area is 148 Å². The monoisotopic (exact) mass is 339 g/mol. The number of anilines is 1. The van der Waals surface area contributed by atoms with Gasteiger partial charge in [0.2, 0.25) is 0 Å². The fraction of sp³-hybridized carbons (Fsp3) is 0.500. The van der Waals surface area contributed by atoms with Gasteiger partial charge in [0.1, 0.15) is 11.6 Å². The van der Waals surface area contributed by atoms with Crippen molar-refractivity contribution in [3.63, 3.8) is 0 Å². The molecule has 2 fully saturated rings. The van der Waals surface area contributed by atoms with Crippen molar-refractivity contribution in [2.24, 2.45) is 5.92 Å². The molecule has 1 N–H and O–H groups in total. The van der Waals surface area contributed by atoms with Crippen LogP contribution in [0, 0.1) is 5.92 Å². The number of rotatable bonds is 4. The Balaban J connectivity index is 1.53. The van der Waals surface area contributed by atoms with E-state index in [1.807, 2.05) is 30.5 Å². The Hall–Kier alpha value is -1.98. The summed E-state index contributed by atoms with van der Waals surface area (Å²) in [5.74, 6) is 1.99. The molecule has 0 saturated carbocycles. The maximum atomic E-state index is 10.4. The highest BCUT2D eigenvalue weighted by molar-refractivity contribution is 5.41. The van der Waals surface area contributed by atoms with Crippen LogP contribution in [0.2, 0.25) is 0 Å². The molecule has 0 aliphatic carbocycles. The zero-order chi connectivity index (χ0) is 17.1. The van der Waals surface area contributed by atoms with Crippen molar-refractivity contribution >= 4 is 5.82 Å². The normalized spacial score (nSPS) is 26.8. The number of aliphatic hydroxyl groups excluding tert-OH is 1. The second-order valence-corrected chi connectivity index (χ2v) is 6.99. The maximum Gasteiger partial charge on any atom is 0.135 e. The number of aliphatic hydroxyl groups is 1. The summed E-state index contributed by atoms with van der Waals surface area (Å²) in [6.45, 7) is 2.29. The molecule has 0 amide bonds. The van der Waals surface area contributed by atoms with Gasteiger partial charge in [-0.1, -0.05) is 30.3 Å². The van der Waals surface area contributed by atoms with Crippen molar-refractivity contribution in [3.05, 3.63) is 54.0 Å². The topological polar surface area (TPSA) is 58.5 Å². The number of hydrogen-bond donors (Lipinski definition) is 1. The summed E-state index contributed by atoms with van der Waals surface area (Å²) < 4.78 is 5.63. The van der Waals surface area contributed by atoms with E-state index in [-0.39, 0.29) is 12.0 Å². The first-order chi connectivity index (χ1) is 12.3. The van der Waals surface area contributed by atoms with E-state index in [0.717, 1.165) is 43.9 Å². The molecule has 0 unspecified atom stereocenters. The van der Waals surface area contributed by atoms with Gasteiger partial charge in [0.25, 0.3) is 0 Å². The number of benzene rings is 1. The van der Waals surface area contributed by atoms with Gasteiger partial charge in [-0.15, -0.1) is 0 Å². The van der Waals surface area contributed by atoms with Gasteiger partial charge < -0.3 is 14.7 Å². The Bertz CT molecular complexity index is 694. The van der Waals surface area contributed by atoms with E-state index in [1.54, 1.807) is 0 Å². The van der Waals surface area contributed by atoms with Crippen molar-refractivity contribution in [1.29, 1.82) is 0 Å². The number of nitrogens with zero attached hydrogens (tertiary/aromatic N) is 3. The lowest BCUT2D eigenvalue weighted by atomic mass is 9.89. The minimum atomic E-state index is -0.273. The lowest BCUT2D eigenvalue weighted by Gasteiger charge is -2.37. The molecular formula is C20H25N3O2. The molecule has 2 saturated heterocycles. The highest BCUT2D eigenvalue weighted by Crippen LogP contribution is 2.32. The summed E-state index contributed by atoms with van der Waals surface area (Å²) in [4.78, 5) is 11.6. The molecule has 2 aliphatic heterocycles. The van der Waals surface area contributed by atoms with E-state index in [0.29, 0.717) is 19.3 Å². The Morgan fingerprint density at radius 3 is 2.88 bits per heavy atom. The third-order valence-electron chi connectivity index (χ3n) is 5.35. The molecule has 3 heterocycles. The molecule has 1 aromatic heterocycles. The van der Waals surface area contributed by atoms with Crippen LogP contribution in [0.4, 0.5) is 5.82 Å². The SMILES string of the molecule is O[C@@H]1CCOC[C@@H]1[C@@H]1CCCN1c1ccnc(Cc2ccccc2)n1. The lowest BCUT2D eigenvalue weighted by Crippen LogP contribution is -2.46. The third kappa shape index (κ3) is 3.67. The second kappa shape index (κ2) is 7.50. The quantitative estimate of drug-likeness (QED) is 0.927. The highest BCUT2D eigenvalue weighted by Gasteiger charge is 2.38. The van der Waals surface area contributed by atoms with Crippen molar-refractivity contribution in [3.8, 4) is 0 Å². The van der Waals surface area contributed by atoms with E-state index >= 15 is 0 Å². The Morgan fingerprint density at radius 2 is 2.04 bits per heavy atom. The summed E-state index contributed by atoms with van der Waals surface area (Å²) in [5, 5.41) is 10.4. The van der Waals surface area contributed by atoms with Crippen molar-refractivity contribution in [2.75, 3.05) is 24.7 Å². The van der Waals surface area contributed by atoms with E-state index in [2.05, 4.69) is 22.0 Å². The molecule has 1 aromatic carbocycles. The Kier molecular flexibility index (Phi) is 4.95. The summed E-state index contributed by atoms with van der Waals surface area (Å²) >= 11 is 0. The van der Waals surface area contributed by atoms with Crippen LogP contribution in [0.1, 0.15) is 30.7 Å². The molecule has 3 atom stereocenters. The van der Waals surface area contributed by atoms with Crippen molar-refractivity contribution in [1.82, 2.24) is 9.97 Å². The van der Waals surface area contributed by atoms with Crippen LogP contribution in [0.15, 0.2) is 42.6 Å². The van der Waals surface area contributed by atoms with Gasteiger partial charge in [0.05, 0.1) is 12.7 Å². The molecule has 4 rings (SSSR count). The molecular weight excluding hydrogens is 314 g/mol. The summed E-state index contributed by atoms with van der Waals surface area (Å²) in [6, 6.07) is 12.6. The fourth-order valence-electron chi connectivity index (χ4n) is 4.05. The number of hydrogen-bond acceptors (Lipinski definition) is 5. The molecule has 5 heteroatoms. The molecule has 0 bridgehead atoms. The van der Waals surface area contributed by atoms with Crippen LogP contribution in [0.25, 0.3) is 0 Å². The van der Waals surface area contributed by atoms with E-state index < -0.39 is 0 Å². The van der Waals surface area contributed by atoms with Gasteiger partial charge in [-0.05, 0) is 30.9 Å². The van der Waals surface area contributed by atoms with Gasteiger partial charge in [-0.2, -0.15) is 0 Å². The minimum absolute atomic E-state index is 0.170. The van der Waals surface area contributed by atoms with E-state index in [9.17, 15) is 5.11 Å². The van der Waals surface area contributed by atoms with Crippen LogP contribution in [-0.2, 0) is 11.2 Å². The third-order valence-corrected chi connectivity index (χ3v) is 5.35. The number of ether oxygens (including phenoxy) is 1. The molecule has 2 aromatic rings. The Morgan fingerprint density at radius 1 is 1.16 bits per heavy atom. The maximum absolute atomic E-state index is 10.4. The molecule has 2 aliphatic rings.